The van der Waals surface area contributed by atoms with Gasteiger partial charge in [-0.05, 0) is 30.8 Å². The van der Waals surface area contributed by atoms with Crippen LogP contribution in [0.15, 0.2) is 17.5 Å². The number of carbonyl (C=O) groups excluding carboxylic acids is 1. The van der Waals surface area contributed by atoms with E-state index in [0.29, 0.717) is 6.61 Å². The van der Waals surface area contributed by atoms with E-state index in [9.17, 15) is 4.79 Å². The van der Waals surface area contributed by atoms with Crippen molar-refractivity contribution in [1.82, 2.24) is 5.32 Å². The lowest BCUT2D eigenvalue weighted by Gasteiger charge is -2.21. The highest BCUT2D eigenvalue weighted by Crippen LogP contribution is 2.11. The average molecular weight is 239 g/mol. The van der Waals surface area contributed by atoms with Gasteiger partial charge in [0, 0.05) is 11.3 Å². The van der Waals surface area contributed by atoms with Gasteiger partial charge in [0.2, 0.25) is 0 Å². The molecule has 16 heavy (non-hydrogen) atoms. The topological polar surface area (TPSA) is 38.3 Å². The molecule has 1 N–H and O–H groups in total. The second kappa shape index (κ2) is 6.01. The smallest absolute Gasteiger partial charge is 0.323 e. The molecule has 0 bridgehead atoms. The SMILES string of the molecule is O=C(OCCc1cccs1)[C@@H]1CCCCN1. The van der Waals surface area contributed by atoms with Crippen LogP contribution < -0.4 is 5.32 Å². The van der Waals surface area contributed by atoms with Crippen LogP contribution in [0.3, 0.4) is 0 Å². The van der Waals surface area contributed by atoms with E-state index >= 15 is 0 Å². The van der Waals surface area contributed by atoms with Crippen LogP contribution in [0.5, 0.6) is 0 Å². The molecule has 0 aliphatic carbocycles. The van der Waals surface area contributed by atoms with Gasteiger partial charge >= 0.3 is 5.97 Å². The molecule has 2 rings (SSSR count). The average Bonchev–Trinajstić information content (AvgIpc) is 2.83. The van der Waals surface area contributed by atoms with E-state index in [-0.39, 0.29) is 12.0 Å². The summed E-state index contributed by atoms with van der Waals surface area (Å²) in [7, 11) is 0. The molecule has 1 aliphatic heterocycles. The Labute approximate surface area is 99.8 Å². The molecule has 88 valence electrons. The number of rotatable bonds is 4. The zero-order chi connectivity index (χ0) is 11.2. The normalized spacial score (nSPS) is 20.6. The first kappa shape index (κ1) is 11.6. The summed E-state index contributed by atoms with van der Waals surface area (Å²) in [4.78, 5) is 12.9. The molecule has 0 aromatic carbocycles. The van der Waals surface area contributed by atoms with Gasteiger partial charge in [-0.3, -0.25) is 4.79 Å². The van der Waals surface area contributed by atoms with Gasteiger partial charge in [0.1, 0.15) is 6.04 Å². The number of piperidine rings is 1. The molecule has 2 heterocycles. The number of hydrogen-bond donors (Lipinski definition) is 1. The lowest BCUT2D eigenvalue weighted by molar-refractivity contribution is -0.146. The highest BCUT2D eigenvalue weighted by molar-refractivity contribution is 7.09. The molecular weight excluding hydrogens is 222 g/mol. The Bertz CT molecular complexity index is 318. The number of esters is 1. The van der Waals surface area contributed by atoms with Gasteiger partial charge in [-0.25, -0.2) is 0 Å². The Morgan fingerprint density at radius 1 is 1.56 bits per heavy atom. The van der Waals surface area contributed by atoms with Gasteiger partial charge in [-0.15, -0.1) is 11.3 Å². The van der Waals surface area contributed by atoms with Crippen LogP contribution in [0.25, 0.3) is 0 Å². The maximum atomic E-state index is 11.6. The van der Waals surface area contributed by atoms with Crippen molar-refractivity contribution in [2.24, 2.45) is 0 Å². The van der Waals surface area contributed by atoms with Crippen molar-refractivity contribution in [3.05, 3.63) is 22.4 Å². The fourth-order valence-corrected chi connectivity index (χ4v) is 2.55. The minimum atomic E-state index is -0.0868. The van der Waals surface area contributed by atoms with E-state index in [4.69, 9.17) is 4.74 Å². The summed E-state index contributed by atoms with van der Waals surface area (Å²) >= 11 is 1.70. The third kappa shape index (κ3) is 3.32. The first-order valence-electron chi connectivity index (χ1n) is 5.78. The third-order valence-corrected chi connectivity index (χ3v) is 3.70. The summed E-state index contributed by atoms with van der Waals surface area (Å²) in [6, 6.07) is 4.01. The van der Waals surface area contributed by atoms with Gasteiger partial charge in [-0.1, -0.05) is 12.5 Å². The van der Waals surface area contributed by atoms with E-state index in [1.165, 1.54) is 11.3 Å². The van der Waals surface area contributed by atoms with E-state index in [0.717, 1.165) is 25.8 Å². The monoisotopic (exact) mass is 239 g/mol. The molecule has 1 aromatic rings. The standard InChI is InChI=1S/C12H17NO2S/c14-12(11-5-1-2-7-13-11)15-8-6-10-4-3-9-16-10/h3-4,9,11,13H,1-2,5-8H2/t11-/m0/s1. The van der Waals surface area contributed by atoms with E-state index < -0.39 is 0 Å². The molecule has 1 fully saturated rings. The third-order valence-electron chi connectivity index (χ3n) is 2.77. The number of hydrogen-bond acceptors (Lipinski definition) is 4. The van der Waals surface area contributed by atoms with Crippen LogP contribution in [0.2, 0.25) is 0 Å². The van der Waals surface area contributed by atoms with Crippen LogP contribution in [0, 0.1) is 0 Å². The lowest BCUT2D eigenvalue weighted by atomic mass is 10.1. The Kier molecular flexibility index (Phi) is 4.36. The number of ether oxygens (including phenoxy) is 1. The van der Waals surface area contributed by atoms with Crippen LogP contribution in [-0.4, -0.2) is 25.2 Å². The summed E-state index contributed by atoms with van der Waals surface area (Å²) in [5.41, 5.74) is 0. The molecule has 1 aliphatic rings. The van der Waals surface area contributed by atoms with Crippen LogP contribution in [0.1, 0.15) is 24.1 Å². The number of carbonyl (C=O) groups is 1. The highest BCUT2D eigenvalue weighted by atomic mass is 32.1. The maximum Gasteiger partial charge on any atom is 0.323 e. The molecular formula is C12H17NO2S. The van der Waals surface area contributed by atoms with Gasteiger partial charge in [0.15, 0.2) is 0 Å². The Morgan fingerprint density at radius 3 is 3.19 bits per heavy atom. The Morgan fingerprint density at radius 2 is 2.50 bits per heavy atom. The summed E-state index contributed by atoms with van der Waals surface area (Å²) in [5, 5.41) is 5.23. The lowest BCUT2D eigenvalue weighted by Crippen LogP contribution is -2.41. The molecule has 0 radical (unpaired) electrons. The molecule has 3 nitrogen and oxygen atoms in total. The van der Waals surface area contributed by atoms with Crippen molar-refractivity contribution in [2.75, 3.05) is 13.2 Å². The maximum absolute atomic E-state index is 11.6. The molecule has 0 saturated carbocycles. The number of nitrogens with one attached hydrogen (secondary N) is 1. The zero-order valence-electron chi connectivity index (χ0n) is 9.28. The first-order chi connectivity index (χ1) is 7.86. The van der Waals surface area contributed by atoms with Gasteiger partial charge in [0.25, 0.3) is 0 Å². The van der Waals surface area contributed by atoms with Crippen LogP contribution in [-0.2, 0) is 16.0 Å². The van der Waals surface area contributed by atoms with Crippen molar-refractivity contribution >= 4 is 17.3 Å². The second-order valence-corrected chi connectivity index (χ2v) is 5.03. The van der Waals surface area contributed by atoms with E-state index in [2.05, 4.69) is 11.4 Å². The summed E-state index contributed by atoms with van der Waals surface area (Å²) < 4.78 is 5.26. The summed E-state index contributed by atoms with van der Waals surface area (Å²) in [6.07, 6.45) is 4.03. The molecule has 4 heteroatoms. The van der Waals surface area contributed by atoms with Crippen molar-refractivity contribution in [1.29, 1.82) is 0 Å². The van der Waals surface area contributed by atoms with Crippen molar-refractivity contribution in [3.8, 4) is 0 Å². The van der Waals surface area contributed by atoms with Gasteiger partial charge in [-0.2, -0.15) is 0 Å². The zero-order valence-corrected chi connectivity index (χ0v) is 10.1. The highest BCUT2D eigenvalue weighted by Gasteiger charge is 2.21. The molecule has 1 aromatic heterocycles. The van der Waals surface area contributed by atoms with Crippen molar-refractivity contribution < 1.29 is 9.53 Å². The fourth-order valence-electron chi connectivity index (χ4n) is 1.86. The predicted octanol–water partition coefficient (Wildman–Crippen LogP) is 1.98. The van der Waals surface area contributed by atoms with E-state index in [1.54, 1.807) is 11.3 Å². The summed E-state index contributed by atoms with van der Waals surface area (Å²) in [6.45, 7) is 1.43. The van der Waals surface area contributed by atoms with Crippen molar-refractivity contribution in [2.45, 2.75) is 31.7 Å². The predicted molar refractivity (Wildman–Crippen MR) is 64.6 cm³/mol. The second-order valence-electron chi connectivity index (χ2n) is 4.00. The largest absolute Gasteiger partial charge is 0.464 e. The van der Waals surface area contributed by atoms with Gasteiger partial charge < -0.3 is 10.1 Å². The van der Waals surface area contributed by atoms with E-state index in [1.807, 2.05) is 11.4 Å². The Hall–Kier alpha value is -0.870. The van der Waals surface area contributed by atoms with Gasteiger partial charge in [0.05, 0.1) is 6.61 Å². The fraction of sp³-hybridized carbons (Fsp3) is 0.583. The molecule has 0 unspecified atom stereocenters. The number of thiophene rings is 1. The Balaban J connectivity index is 1.67. The molecule has 1 saturated heterocycles. The van der Waals surface area contributed by atoms with Crippen LogP contribution >= 0.6 is 11.3 Å². The van der Waals surface area contributed by atoms with Crippen molar-refractivity contribution in [3.63, 3.8) is 0 Å². The van der Waals surface area contributed by atoms with Crippen LogP contribution in [0.4, 0.5) is 0 Å². The molecule has 0 amide bonds. The summed E-state index contributed by atoms with van der Waals surface area (Å²) in [5.74, 6) is -0.0868. The first-order valence-corrected chi connectivity index (χ1v) is 6.66. The quantitative estimate of drug-likeness (QED) is 0.816. The molecule has 1 atom stereocenters. The minimum Gasteiger partial charge on any atom is -0.464 e. The molecule has 0 spiro atoms. The minimum absolute atomic E-state index is 0.0721.